The number of aliphatic hydroxyl groups is 2. The van der Waals surface area contributed by atoms with Gasteiger partial charge in [0.25, 0.3) is 0 Å². The summed E-state index contributed by atoms with van der Waals surface area (Å²) in [5, 5.41) is 41.3. The smallest absolute Gasteiger partial charge is 0.331 e. The molecule has 0 fully saturated rings. The van der Waals surface area contributed by atoms with Gasteiger partial charge in [0.1, 0.15) is 0 Å². The average Bonchev–Trinajstić information content (AvgIpc) is 3.24. The first-order chi connectivity index (χ1) is 16.2. The number of rotatable bonds is 14. The van der Waals surface area contributed by atoms with Crippen LogP contribution in [0.4, 0.5) is 0 Å². The van der Waals surface area contributed by atoms with Crippen molar-refractivity contribution in [3.63, 3.8) is 0 Å². The number of imidazole rings is 2. The third-order valence-corrected chi connectivity index (χ3v) is 7.02. The van der Waals surface area contributed by atoms with Crippen molar-refractivity contribution in [3.8, 4) is 11.8 Å². The molecule has 10 heteroatoms. The normalized spacial score (nSPS) is 14.4. The summed E-state index contributed by atoms with van der Waals surface area (Å²) in [6.45, 7) is 12.1. The number of hydrogen-bond donors (Lipinski definition) is 4. The second-order valence-electron chi connectivity index (χ2n) is 10.7. The molecule has 35 heavy (non-hydrogen) atoms. The van der Waals surface area contributed by atoms with Crippen molar-refractivity contribution >= 4 is 0 Å². The second-order valence-corrected chi connectivity index (χ2v) is 10.7. The van der Waals surface area contributed by atoms with Crippen molar-refractivity contribution in [3.05, 3.63) is 33.4 Å². The molecule has 0 radical (unpaired) electrons. The van der Waals surface area contributed by atoms with Crippen LogP contribution in [0.3, 0.4) is 0 Å². The van der Waals surface area contributed by atoms with Gasteiger partial charge in [-0.15, -0.1) is 0 Å². The molecule has 2 aromatic heterocycles. The summed E-state index contributed by atoms with van der Waals surface area (Å²) in [7, 11) is 0. The highest BCUT2D eigenvalue weighted by Crippen LogP contribution is 2.28. The Kier molecular flexibility index (Phi) is 9.47. The highest BCUT2D eigenvalue weighted by atomic mass is 16.3. The number of hydrogen-bond acceptors (Lipinski definition) is 6. The summed E-state index contributed by atoms with van der Waals surface area (Å²) >= 11 is 0. The molecule has 0 saturated carbocycles. The zero-order valence-electron chi connectivity index (χ0n) is 22.1. The van der Waals surface area contributed by atoms with Crippen LogP contribution in [-0.2, 0) is 24.2 Å². The Morgan fingerprint density at radius 1 is 0.714 bits per heavy atom. The molecule has 0 spiro atoms. The maximum Gasteiger partial charge on any atom is 0.331 e. The predicted octanol–water partition coefficient (Wildman–Crippen LogP) is 2.69. The van der Waals surface area contributed by atoms with Crippen molar-refractivity contribution in [1.29, 1.82) is 0 Å². The fourth-order valence-electron chi connectivity index (χ4n) is 4.69. The highest BCUT2D eigenvalue weighted by Gasteiger charge is 2.29. The molecular weight excluding hydrogens is 452 g/mol. The van der Waals surface area contributed by atoms with E-state index in [1.165, 1.54) is 30.7 Å². The number of aromatic nitrogens is 4. The van der Waals surface area contributed by atoms with Crippen LogP contribution in [0.2, 0.25) is 0 Å². The first-order valence-electron chi connectivity index (χ1n) is 12.6. The van der Waals surface area contributed by atoms with E-state index < -0.39 is 23.3 Å². The Labute approximate surface area is 207 Å². The lowest BCUT2D eigenvalue weighted by Crippen LogP contribution is -2.37. The van der Waals surface area contributed by atoms with Crippen LogP contribution in [0.1, 0.15) is 86.5 Å². The van der Waals surface area contributed by atoms with Crippen LogP contribution >= 0.6 is 0 Å². The molecule has 2 heterocycles. The van der Waals surface area contributed by atoms with Crippen LogP contribution < -0.4 is 11.4 Å². The van der Waals surface area contributed by atoms with E-state index in [1.807, 2.05) is 41.5 Å². The Hall–Kier alpha value is -2.46. The van der Waals surface area contributed by atoms with E-state index in [-0.39, 0.29) is 23.1 Å². The fourth-order valence-corrected chi connectivity index (χ4v) is 4.69. The Morgan fingerprint density at radius 2 is 1.06 bits per heavy atom. The van der Waals surface area contributed by atoms with Gasteiger partial charge in [-0.05, 0) is 86.5 Å². The number of aromatic hydroxyl groups is 2. The molecule has 2 atom stereocenters. The van der Waals surface area contributed by atoms with E-state index in [0.29, 0.717) is 58.0 Å². The lowest BCUT2D eigenvalue weighted by Gasteiger charge is -2.28. The van der Waals surface area contributed by atoms with Crippen LogP contribution in [0.5, 0.6) is 11.8 Å². The van der Waals surface area contributed by atoms with Gasteiger partial charge in [0, 0.05) is 24.2 Å². The van der Waals surface area contributed by atoms with Gasteiger partial charge in [-0.2, -0.15) is 0 Å². The molecule has 0 bridgehead atoms. The molecule has 0 aliphatic carbocycles. The molecule has 0 amide bonds. The summed E-state index contributed by atoms with van der Waals surface area (Å²) in [6, 6.07) is 0. The third kappa shape index (κ3) is 6.82. The standard InChI is InChI=1S/C25H44N4O6/c1-7-26-16-20(32)28(22(26)34)24(3,4)14-12-18(30)10-9-11-19(31)13-15-25(5,6)29-21(33)17-27(8-2)23(29)35/h16-19,30-33H,7-15H2,1-6H3. The van der Waals surface area contributed by atoms with Crippen LogP contribution in [0.15, 0.2) is 22.0 Å². The van der Waals surface area contributed by atoms with Gasteiger partial charge in [-0.25, -0.2) is 9.59 Å². The van der Waals surface area contributed by atoms with Crippen molar-refractivity contribution < 1.29 is 20.4 Å². The summed E-state index contributed by atoms with van der Waals surface area (Å²) in [6.07, 6.45) is 5.36. The van der Waals surface area contributed by atoms with E-state index in [1.54, 1.807) is 0 Å². The van der Waals surface area contributed by atoms with E-state index in [0.717, 1.165) is 0 Å². The lowest BCUT2D eigenvalue weighted by atomic mass is 9.92. The van der Waals surface area contributed by atoms with Crippen LogP contribution in [-0.4, -0.2) is 50.9 Å². The fraction of sp³-hybridized carbons (Fsp3) is 0.760. The maximum absolute atomic E-state index is 12.5. The highest BCUT2D eigenvalue weighted by molar-refractivity contribution is 5.10. The van der Waals surface area contributed by atoms with Gasteiger partial charge >= 0.3 is 11.4 Å². The molecule has 2 rings (SSSR count). The lowest BCUT2D eigenvalue weighted by molar-refractivity contribution is 0.106. The summed E-state index contributed by atoms with van der Waals surface area (Å²) < 4.78 is 5.64. The zero-order valence-corrected chi connectivity index (χ0v) is 22.1. The molecule has 200 valence electrons. The van der Waals surface area contributed by atoms with Crippen molar-refractivity contribution in [2.24, 2.45) is 0 Å². The number of nitrogens with zero attached hydrogens (tertiary/aromatic N) is 4. The second kappa shape index (κ2) is 11.5. The van der Waals surface area contributed by atoms with E-state index in [2.05, 4.69) is 0 Å². The van der Waals surface area contributed by atoms with E-state index >= 15 is 0 Å². The molecule has 0 aliphatic rings. The van der Waals surface area contributed by atoms with Crippen molar-refractivity contribution in [1.82, 2.24) is 18.3 Å². The van der Waals surface area contributed by atoms with Crippen molar-refractivity contribution in [2.75, 3.05) is 0 Å². The molecule has 0 aliphatic heterocycles. The minimum atomic E-state index is -0.645. The third-order valence-electron chi connectivity index (χ3n) is 7.02. The van der Waals surface area contributed by atoms with E-state index in [4.69, 9.17) is 0 Å². The SMILES string of the molecule is CCn1cc(O)n(C(C)(C)CCC(O)CCCC(O)CCC(C)(C)n2c(O)cn(CC)c2=O)c1=O. The monoisotopic (exact) mass is 496 g/mol. The quantitative estimate of drug-likeness (QED) is 0.318. The molecule has 4 N–H and O–H groups in total. The van der Waals surface area contributed by atoms with Gasteiger partial charge in [-0.3, -0.25) is 18.3 Å². The van der Waals surface area contributed by atoms with Gasteiger partial charge in [-0.1, -0.05) is 0 Å². The molecule has 0 saturated heterocycles. The zero-order chi connectivity index (χ0) is 26.6. The van der Waals surface area contributed by atoms with Gasteiger partial charge in [0.05, 0.1) is 24.6 Å². The molecule has 2 aromatic rings. The average molecular weight is 497 g/mol. The number of aliphatic hydroxyl groups excluding tert-OH is 2. The Morgan fingerprint density at radius 3 is 1.34 bits per heavy atom. The number of aryl methyl sites for hydroxylation is 2. The van der Waals surface area contributed by atoms with Gasteiger partial charge in [0.2, 0.25) is 11.8 Å². The Balaban J connectivity index is 1.80. The van der Waals surface area contributed by atoms with E-state index in [9.17, 15) is 30.0 Å². The Bertz CT molecular complexity index is 991. The van der Waals surface area contributed by atoms with Gasteiger partial charge in [0.15, 0.2) is 0 Å². The first-order valence-corrected chi connectivity index (χ1v) is 12.6. The topological polar surface area (TPSA) is 135 Å². The molecule has 10 nitrogen and oxygen atoms in total. The summed E-state index contributed by atoms with van der Waals surface area (Å²) in [4.78, 5) is 25.0. The first kappa shape index (κ1) is 28.8. The minimum Gasteiger partial charge on any atom is -0.493 e. The molecule has 0 aromatic carbocycles. The molecular formula is C25H44N4O6. The van der Waals surface area contributed by atoms with Crippen LogP contribution in [0, 0.1) is 0 Å². The minimum absolute atomic E-state index is 0.0794. The summed E-state index contributed by atoms with van der Waals surface area (Å²) in [5.41, 5.74) is -1.82. The maximum atomic E-state index is 12.5. The summed E-state index contributed by atoms with van der Waals surface area (Å²) in [5.74, 6) is -0.159. The largest absolute Gasteiger partial charge is 0.493 e. The molecule has 2 unspecified atom stereocenters. The van der Waals surface area contributed by atoms with Crippen molar-refractivity contribution in [2.45, 2.75) is 123 Å². The predicted molar refractivity (Wildman–Crippen MR) is 135 cm³/mol. The van der Waals surface area contributed by atoms with Crippen LogP contribution in [0.25, 0.3) is 0 Å². The van der Waals surface area contributed by atoms with Gasteiger partial charge < -0.3 is 20.4 Å².